The van der Waals surface area contributed by atoms with Crippen molar-refractivity contribution < 1.29 is 23.0 Å². The molecule has 0 unspecified atom stereocenters. The summed E-state index contributed by atoms with van der Waals surface area (Å²) in [7, 11) is 0. The lowest BCUT2D eigenvalue weighted by Gasteiger charge is -2.44. The first kappa shape index (κ1) is 18.4. The molecule has 146 valence electrons. The summed E-state index contributed by atoms with van der Waals surface area (Å²) in [5, 5.41) is 3.02. The van der Waals surface area contributed by atoms with Gasteiger partial charge in [0.2, 0.25) is 5.60 Å². The number of nitrogens with zero attached hydrogens (tertiary/aromatic N) is 2. The molecule has 2 aliphatic rings. The minimum atomic E-state index is -3.30. The number of amidine groups is 1. The van der Waals surface area contributed by atoms with Crippen molar-refractivity contribution in [3.05, 3.63) is 52.8 Å². The summed E-state index contributed by atoms with van der Waals surface area (Å²) in [4.78, 5) is 19.8. The molecule has 2 aliphatic heterocycles. The van der Waals surface area contributed by atoms with E-state index in [9.17, 15) is 13.6 Å². The molecule has 4 rings (SSSR count). The van der Waals surface area contributed by atoms with Gasteiger partial charge in [-0.3, -0.25) is 4.79 Å². The highest BCUT2D eigenvalue weighted by Crippen LogP contribution is 2.51. The maximum Gasteiger partial charge on any atom is 0.310 e. The molecule has 0 radical (unpaired) electrons. The van der Waals surface area contributed by atoms with Gasteiger partial charge in [-0.2, -0.15) is 8.78 Å². The normalized spacial score (nSPS) is 22.5. The molecule has 3 N–H and O–H groups in total. The quantitative estimate of drug-likeness (QED) is 0.796. The number of carbonyl (C=O) groups excluding carboxylic acids is 1. The molecule has 3 heterocycles. The van der Waals surface area contributed by atoms with Crippen LogP contribution in [0.1, 0.15) is 22.5 Å². The van der Waals surface area contributed by atoms with Crippen LogP contribution >= 0.6 is 11.6 Å². The summed E-state index contributed by atoms with van der Waals surface area (Å²) >= 11 is 5.76. The van der Waals surface area contributed by atoms with E-state index in [4.69, 9.17) is 26.8 Å². The summed E-state index contributed by atoms with van der Waals surface area (Å²) in [5.41, 5.74) is 4.09. The Morgan fingerprint density at radius 1 is 1.29 bits per heavy atom. The van der Waals surface area contributed by atoms with Gasteiger partial charge in [0.15, 0.2) is 0 Å². The van der Waals surface area contributed by atoms with Crippen LogP contribution in [0.3, 0.4) is 0 Å². The molecule has 2 aromatic rings. The monoisotopic (exact) mass is 408 g/mol. The van der Waals surface area contributed by atoms with E-state index in [0.717, 1.165) is 0 Å². The molecule has 0 fully saturated rings. The van der Waals surface area contributed by atoms with E-state index >= 15 is 0 Å². The molecule has 0 saturated heterocycles. The number of carbonyl (C=O) groups is 1. The predicted molar refractivity (Wildman–Crippen MR) is 98.0 cm³/mol. The van der Waals surface area contributed by atoms with Crippen LogP contribution in [-0.4, -0.2) is 36.0 Å². The summed E-state index contributed by atoms with van der Waals surface area (Å²) in [5.74, 6) is -3.57. The van der Waals surface area contributed by atoms with Crippen LogP contribution in [-0.2, 0) is 10.3 Å². The molecule has 0 saturated carbocycles. The Labute approximate surface area is 163 Å². The molecule has 0 aliphatic carbocycles. The van der Waals surface area contributed by atoms with Crippen molar-refractivity contribution in [3.63, 3.8) is 0 Å². The maximum atomic E-state index is 14.8. The van der Waals surface area contributed by atoms with Crippen molar-refractivity contribution >= 4 is 29.2 Å². The highest BCUT2D eigenvalue weighted by molar-refractivity contribution is 6.30. The molecule has 0 bridgehead atoms. The van der Waals surface area contributed by atoms with Gasteiger partial charge in [-0.15, -0.1) is 0 Å². The zero-order chi connectivity index (χ0) is 19.9. The zero-order valence-electron chi connectivity index (χ0n) is 14.4. The Balaban J connectivity index is 1.70. The largest absolute Gasteiger partial charge is 0.493 e. The number of aromatic nitrogens is 1. The third-order valence-electron chi connectivity index (χ3n) is 4.65. The van der Waals surface area contributed by atoms with Crippen molar-refractivity contribution in [1.29, 1.82) is 0 Å². The van der Waals surface area contributed by atoms with E-state index in [1.807, 2.05) is 0 Å². The van der Waals surface area contributed by atoms with Gasteiger partial charge in [0.05, 0.1) is 11.6 Å². The highest BCUT2D eigenvalue weighted by Gasteiger charge is 2.61. The molecule has 1 atom stereocenters. The number of aliphatic imine (C=N–C) groups is 1. The number of anilines is 1. The summed E-state index contributed by atoms with van der Waals surface area (Å²) in [6, 6.07) is 7.12. The third-order valence-corrected chi connectivity index (χ3v) is 4.87. The summed E-state index contributed by atoms with van der Waals surface area (Å²) in [6.45, 7) is -0.750. The zero-order valence-corrected chi connectivity index (χ0v) is 15.2. The first-order valence-corrected chi connectivity index (χ1v) is 8.75. The number of amides is 1. The van der Waals surface area contributed by atoms with Crippen molar-refractivity contribution in [2.75, 3.05) is 18.5 Å². The topological polar surface area (TPSA) is 98.8 Å². The van der Waals surface area contributed by atoms with E-state index in [2.05, 4.69) is 15.3 Å². The number of hydrogen-bond acceptors (Lipinski definition) is 6. The second kappa shape index (κ2) is 6.59. The van der Waals surface area contributed by atoms with E-state index in [0.29, 0.717) is 5.02 Å². The van der Waals surface area contributed by atoms with Gasteiger partial charge < -0.3 is 20.5 Å². The fraction of sp³-hybridized carbons (Fsp3) is 0.278. The number of pyridine rings is 1. The molecule has 7 nitrogen and oxygen atoms in total. The van der Waals surface area contributed by atoms with E-state index in [1.165, 1.54) is 30.5 Å². The average Bonchev–Trinajstić information content (AvgIpc) is 2.66. The van der Waals surface area contributed by atoms with Crippen LogP contribution in [0, 0.1) is 0 Å². The average molecular weight is 409 g/mol. The van der Waals surface area contributed by atoms with Crippen molar-refractivity contribution in [3.8, 4) is 5.75 Å². The Morgan fingerprint density at radius 2 is 2.11 bits per heavy atom. The molecule has 1 aromatic carbocycles. The first-order valence-electron chi connectivity index (χ1n) is 8.38. The van der Waals surface area contributed by atoms with Gasteiger partial charge in [0.25, 0.3) is 11.9 Å². The Bertz CT molecular complexity index is 968. The second-order valence-electron chi connectivity index (χ2n) is 6.41. The van der Waals surface area contributed by atoms with Crippen LogP contribution in [0.15, 0.2) is 41.5 Å². The number of alkyl halides is 2. The first-order chi connectivity index (χ1) is 13.3. The van der Waals surface area contributed by atoms with Crippen LogP contribution in [0.5, 0.6) is 5.75 Å². The molecule has 10 heteroatoms. The van der Waals surface area contributed by atoms with Gasteiger partial charge in [0, 0.05) is 23.9 Å². The van der Waals surface area contributed by atoms with E-state index < -0.39 is 24.0 Å². The van der Waals surface area contributed by atoms with E-state index in [-0.39, 0.29) is 41.7 Å². The fourth-order valence-electron chi connectivity index (χ4n) is 3.27. The molecular formula is C18H15ClF2N4O3. The second-order valence-corrected chi connectivity index (χ2v) is 6.85. The predicted octanol–water partition coefficient (Wildman–Crippen LogP) is 2.95. The molecule has 1 aromatic heterocycles. The maximum absolute atomic E-state index is 14.8. The summed E-state index contributed by atoms with van der Waals surface area (Å²) < 4.78 is 40.6. The van der Waals surface area contributed by atoms with Crippen molar-refractivity contribution in [2.45, 2.75) is 17.9 Å². The third kappa shape index (κ3) is 3.01. The number of ether oxygens (including phenoxy) is 2. The van der Waals surface area contributed by atoms with Gasteiger partial charge in [-0.05, 0) is 30.3 Å². The minimum absolute atomic E-state index is 0.0380. The summed E-state index contributed by atoms with van der Waals surface area (Å²) in [6.07, 6.45) is 1.23. The molecular weight excluding hydrogens is 394 g/mol. The Hall–Kier alpha value is -2.94. The van der Waals surface area contributed by atoms with Crippen LogP contribution in [0.4, 0.5) is 14.5 Å². The SMILES string of the molecule is NC1=NCC(F)(F)[C@]2(CCOc3ccc(NC(=O)c4ccc(Cl)cn4)cc32)O1. The lowest BCUT2D eigenvalue weighted by Crippen LogP contribution is -2.57. The number of hydrogen-bond donors (Lipinski definition) is 2. The van der Waals surface area contributed by atoms with Gasteiger partial charge in [-0.25, -0.2) is 9.98 Å². The number of rotatable bonds is 2. The van der Waals surface area contributed by atoms with E-state index in [1.54, 1.807) is 6.07 Å². The fourth-order valence-corrected chi connectivity index (χ4v) is 3.38. The molecule has 1 amide bonds. The van der Waals surface area contributed by atoms with Crippen molar-refractivity contribution in [2.24, 2.45) is 10.7 Å². The Morgan fingerprint density at radius 3 is 2.86 bits per heavy atom. The van der Waals surface area contributed by atoms with Gasteiger partial charge >= 0.3 is 5.92 Å². The Kier molecular flexibility index (Phi) is 4.34. The van der Waals surface area contributed by atoms with Crippen molar-refractivity contribution in [1.82, 2.24) is 4.98 Å². The van der Waals surface area contributed by atoms with Gasteiger partial charge in [-0.1, -0.05) is 11.6 Å². The van der Waals surface area contributed by atoms with Crippen LogP contribution in [0.25, 0.3) is 0 Å². The lowest BCUT2D eigenvalue weighted by atomic mass is 9.81. The standard InChI is InChI=1S/C18H15ClF2N4O3/c19-10-1-3-13(23-8-10)15(26)25-11-2-4-14-12(7-11)17(5-6-27-14)18(20,21)9-24-16(22)28-17/h1-4,7-8H,5-6,9H2,(H2,22,24)(H,25,26)/t17-/m1/s1. The number of fused-ring (bicyclic) bond motifs is 2. The number of benzene rings is 1. The smallest absolute Gasteiger partial charge is 0.310 e. The van der Waals surface area contributed by atoms with Crippen LogP contribution in [0.2, 0.25) is 5.02 Å². The van der Waals surface area contributed by atoms with Crippen LogP contribution < -0.4 is 15.8 Å². The van der Waals surface area contributed by atoms with Gasteiger partial charge in [0.1, 0.15) is 18.0 Å². The molecule has 1 spiro atoms. The molecule has 28 heavy (non-hydrogen) atoms. The highest BCUT2D eigenvalue weighted by atomic mass is 35.5. The lowest BCUT2D eigenvalue weighted by molar-refractivity contribution is -0.194. The minimum Gasteiger partial charge on any atom is -0.493 e. The number of nitrogens with one attached hydrogen (secondary N) is 1. The number of halogens is 3. The number of nitrogens with two attached hydrogens (primary N) is 1.